The second-order valence-electron chi connectivity index (χ2n) is 17.7. The maximum atomic E-state index is 12.8. The molecule has 0 aliphatic carbocycles. The molecule has 0 fully saturated rings. The first kappa shape index (κ1) is 61.1. The molecule has 0 radical (unpaired) electrons. The van der Waals surface area contributed by atoms with Gasteiger partial charge in [0.25, 0.3) is 0 Å². The van der Waals surface area contributed by atoms with Crippen LogP contribution in [0.4, 0.5) is 0 Å². The summed E-state index contributed by atoms with van der Waals surface area (Å²) in [6.07, 6.45) is 71.6. The van der Waals surface area contributed by atoms with Gasteiger partial charge in [-0.3, -0.25) is 9.59 Å². The van der Waals surface area contributed by atoms with Crippen molar-refractivity contribution in [1.29, 1.82) is 0 Å². The molecular formula is C59H102O5. The van der Waals surface area contributed by atoms with Crippen molar-refractivity contribution in [3.8, 4) is 0 Å². The van der Waals surface area contributed by atoms with Crippen LogP contribution in [0.1, 0.15) is 252 Å². The van der Waals surface area contributed by atoms with Crippen molar-refractivity contribution in [3.05, 3.63) is 85.1 Å². The standard InChI is InChI=1S/C59H102O5/c1-4-7-10-13-16-19-22-25-27-29-30-31-32-35-37-40-43-46-49-52-58(60)63-56-57(64-59(61)53-50-47-44-41-38-34-24-21-18-15-12-9-6-3)55-62-54-51-48-45-42-39-36-33-28-26-23-20-17-14-11-8-5-2/h7-8,10-11,16-17,19-20,25-28,30-31,57H,4-6,9,12-15,18,21-24,29,32-56H2,1-3H3/b10-7-,11-8-,19-16-,20-17-,27-25-,28-26-,31-30-. The van der Waals surface area contributed by atoms with E-state index in [0.717, 1.165) is 103 Å². The maximum Gasteiger partial charge on any atom is 0.306 e. The van der Waals surface area contributed by atoms with E-state index in [2.05, 4.69) is 106 Å². The number of carbonyl (C=O) groups excluding carboxylic acids is 2. The zero-order chi connectivity index (χ0) is 46.3. The Kier molecular flexibility index (Phi) is 51.9. The highest BCUT2D eigenvalue weighted by Gasteiger charge is 2.17. The molecular weight excluding hydrogens is 789 g/mol. The zero-order valence-electron chi connectivity index (χ0n) is 42.3. The van der Waals surface area contributed by atoms with Crippen molar-refractivity contribution in [2.45, 2.75) is 258 Å². The lowest BCUT2D eigenvalue weighted by Gasteiger charge is -2.18. The average Bonchev–Trinajstić information content (AvgIpc) is 3.30. The van der Waals surface area contributed by atoms with E-state index in [-0.39, 0.29) is 25.2 Å². The summed E-state index contributed by atoms with van der Waals surface area (Å²) in [4.78, 5) is 25.5. The van der Waals surface area contributed by atoms with E-state index < -0.39 is 6.10 Å². The van der Waals surface area contributed by atoms with E-state index in [1.807, 2.05) is 0 Å². The van der Waals surface area contributed by atoms with Crippen molar-refractivity contribution in [1.82, 2.24) is 0 Å². The van der Waals surface area contributed by atoms with E-state index in [4.69, 9.17) is 14.2 Å². The summed E-state index contributed by atoms with van der Waals surface area (Å²) < 4.78 is 17.4. The number of hydrogen-bond donors (Lipinski definition) is 0. The summed E-state index contributed by atoms with van der Waals surface area (Å²) in [5.41, 5.74) is 0. The lowest BCUT2D eigenvalue weighted by molar-refractivity contribution is -0.163. The molecule has 0 aliphatic heterocycles. The van der Waals surface area contributed by atoms with E-state index in [9.17, 15) is 9.59 Å². The molecule has 5 heteroatoms. The van der Waals surface area contributed by atoms with E-state index in [1.54, 1.807) is 0 Å². The number of rotatable bonds is 49. The molecule has 0 bridgehead atoms. The van der Waals surface area contributed by atoms with Gasteiger partial charge in [0.2, 0.25) is 0 Å². The fraction of sp³-hybridized carbons (Fsp3) is 0.729. The van der Waals surface area contributed by atoms with Gasteiger partial charge in [-0.25, -0.2) is 0 Å². The molecule has 0 aromatic heterocycles. The number of hydrogen-bond acceptors (Lipinski definition) is 5. The molecule has 0 aliphatic rings. The second kappa shape index (κ2) is 54.4. The lowest BCUT2D eigenvalue weighted by Crippen LogP contribution is -2.30. The van der Waals surface area contributed by atoms with Gasteiger partial charge in [0.15, 0.2) is 6.10 Å². The molecule has 0 saturated carbocycles. The van der Waals surface area contributed by atoms with E-state index >= 15 is 0 Å². The van der Waals surface area contributed by atoms with Gasteiger partial charge in [0.1, 0.15) is 6.61 Å². The first-order valence-corrected chi connectivity index (χ1v) is 27.1. The Balaban J connectivity index is 4.30. The Morgan fingerprint density at radius 2 is 0.703 bits per heavy atom. The minimum atomic E-state index is -0.551. The number of carbonyl (C=O) groups is 2. The third-order valence-electron chi connectivity index (χ3n) is 11.4. The minimum absolute atomic E-state index is 0.0709. The fourth-order valence-corrected chi connectivity index (χ4v) is 7.46. The third-order valence-corrected chi connectivity index (χ3v) is 11.4. The minimum Gasteiger partial charge on any atom is -0.462 e. The summed E-state index contributed by atoms with van der Waals surface area (Å²) in [7, 11) is 0. The van der Waals surface area contributed by atoms with Crippen molar-refractivity contribution >= 4 is 11.9 Å². The fourth-order valence-electron chi connectivity index (χ4n) is 7.46. The maximum absolute atomic E-state index is 12.8. The molecule has 0 rings (SSSR count). The van der Waals surface area contributed by atoms with Crippen molar-refractivity contribution in [3.63, 3.8) is 0 Å². The number of esters is 2. The predicted octanol–water partition coefficient (Wildman–Crippen LogP) is 18.5. The highest BCUT2D eigenvalue weighted by Crippen LogP contribution is 2.15. The van der Waals surface area contributed by atoms with Crippen LogP contribution in [0.3, 0.4) is 0 Å². The summed E-state index contributed by atoms with van der Waals surface area (Å²) in [6, 6.07) is 0. The van der Waals surface area contributed by atoms with Crippen LogP contribution < -0.4 is 0 Å². The van der Waals surface area contributed by atoms with Gasteiger partial charge in [-0.1, -0.05) is 234 Å². The highest BCUT2D eigenvalue weighted by molar-refractivity contribution is 5.70. The molecule has 0 saturated heterocycles. The van der Waals surface area contributed by atoms with Crippen LogP contribution in [0.5, 0.6) is 0 Å². The van der Waals surface area contributed by atoms with E-state index in [0.29, 0.717) is 19.4 Å². The normalized spacial score (nSPS) is 12.9. The van der Waals surface area contributed by atoms with Crippen LogP contribution in [0.25, 0.3) is 0 Å². The number of ether oxygens (including phenoxy) is 3. The summed E-state index contributed by atoms with van der Waals surface area (Å²) in [5.74, 6) is -0.416. The Hall–Kier alpha value is -2.92. The van der Waals surface area contributed by atoms with Crippen LogP contribution in [0.2, 0.25) is 0 Å². The van der Waals surface area contributed by atoms with Crippen LogP contribution in [-0.2, 0) is 23.8 Å². The van der Waals surface area contributed by atoms with Crippen LogP contribution in [0.15, 0.2) is 85.1 Å². The Labute approximate surface area is 397 Å². The highest BCUT2D eigenvalue weighted by atomic mass is 16.6. The molecule has 0 aromatic rings. The SMILES string of the molecule is CC/C=C\C/C=C\C/C=C\C/C=C\CCCCCCCCC(=O)OCC(COCCCCCCCC/C=C\C/C=C\C/C=C\CC)OC(=O)CCCCCCCCCCCCCCC. The quantitative estimate of drug-likeness (QED) is 0.0346. The van der Waals surface area contributed by atoms with Crippen LogP contribution in [0, 0.1) is 0 Å². The lowest BCUT2D eigenvalue weighted by atomic mass is 10.0. The summed E-state index contributed by atoms with van der Waals surface area (Å²) in [6.45, 7) is 7.58. The number of unbranched alkanes of at least 4 members (excludes halogenated alkanes) is 24. The van der Waals surface area contributed by atoms with Crippen LogP contribution in [-0.4, -0.2) is 37.9 Å². The molecule has 1 unspecified atom stereocenters. The summed E-state index contributed by atoms with van der Waals surface area (Å²) in [5, 5.41) is 0. The Morgan fingerprint density at radius 3 is 1.12 bits per heavy atom. The van der Waals surface area contributed by atoms with Gasteiger partial charge < -0.3 is 14.2 Å². The molecule has 0 spiro atoms. The number of allylic oxidation sites excluding steroid dienone is 14. The largest absolute Gasteiger partial charge is 0.462 e. The second-order valence-corrected chi connectivity index (χ2v) is 17.7. The van der Waals surface area contributed by atoms with Crippen molar-refractivity contribution in [2.75, 3.05) is 19.8 Å². The predicted molar refractivity (Wildman–Crippen MR) is 279 cm³/mol. The van der Waals surface area contributed by atoms with Gasteiger partial charge in [-0.15, -0.1) is 0 Å². The molecule has 0 N–H and O–H groups in total. The molecule has 368 valence electrons. The third kappa shape index (κ3) is 51.7. The Bertz CT molecular complexity index is 1190. The molecule has 0 heterocycles. The van der Waals surface area contributed by atoms with Gasteiger partial charge in [0, 0.05) is 19.4 Å². The molecule has 0 aromatic carbocycles. The Morgan fingerprint density at radius 1 is 0.359 bits per heavy atom. The first-order valence-electron chi connectivity index (χ1n) is 27.1. The molecule has 64 heavy (non-hydrogen) atoms. The van der Waals surface area contributed by atoms with Crippen molar-refractivity contribution < 1.29 is 23.8 Å². The van der Waals surface area contributed by atoms with Crippen molar-refractivity contribution in [2.24, 2.45) is 0 Å². The summed E-state index contributed by atoms with van der Waals surface area (Å²) >= 11 is 0. The van der Waals surface area contributed by atoms with Gasteiger partial charge in [-0.05, 0) is 89.9 Å². The first-order chi connectivity index (χ1) is 31.6. The topological polar surface area (TPSA) is 61.8 Å². The molecule has 5 nitrogen and oxygen atoms in total. The molecule has 0 amide bonds. The average molecular weight is 891 g/mol. The zero-order valence-corrected chi connectivity index (χ0v) is 42.3. The van der Waals surface area contributed by atoms with Gasteiger partial charge in [0.05, 0.1) is 6.61 Å². The van der Waals surface area contributed by atoms with E-state index in [1.165, 1.54) is 116 Å². The van der Waals surface area contributed by atoms with Gasteiger partial charge in [-0.2, -0.15) is 0 Å². The smallest absolute Gasteiger partial charge is 0.306 e. The van der Waals surface area contributed by atoms with Crippen LogP contribution >= 0.6 is 0 Å². The monoisotopic (exact) mass is 891 g/mol. The van der Waals surface area contributed by atoms with Gasteiger partial charge >= 0.3 is 11.9 Å². The molecule has 1 atom stereocenters.